The minimum atomic E-state index is -0.355. The predicted molar refractivity (Wildman–Crippen MR) is 192 cm³/mol. The summed E-state index contributed by atoms with van der Waals surface area (Å²) in [4.78, 5) is 4.62. The SMILES string of the molecule is CCN(Cc1cc(C(C)(C)c2cc(C)c(O)c(CN(CC)c3ccc(C(C)C)cc3)c2)cc(C)c1O)c1ccc(C(C)C)cc1. The van der Waals surface area contributed by atoms with Crippen molar-refractivity contribution < 1.29 is 10.2 Å². The van der Waals surface area contributed by atoms with Crippen LogP contribution in [0, 0.1) is 13.8 Å². The first kappa shape index (κ1) is 34.0. The minimum Gasteiger partial charge on any atom is -0.507 e. The number of anilines is 2. The van der Waals surface area contributed by atoms with Crippen molar-refractivity contribution in [1.82, 2.24) is 0 Å². The van der Waals surface area contributed by atoms with Gasteiger partial charge in [0.1, 0.15) is 11.5 Å². The van der Waals surface area contributed by atoms with Crippen molar-refractivity contribution >= 4 is 11.4 Å². The first-order chi connectivity index (χ1) is 21.3. The van der Waals surface area contributed by atoms with Gasteiger partial charge in [0, 0.05) is 54.1 Å². The van der Waals surface area contributed by atoms with Crippen LogP contribution in [0.5, 0.6) is 11.5 Å². The van der Waals surface area contributed by atoms with Crippen LogP contribution in [-0.2, 0) is 18.5 Å². The summed E-state index contributed by atoms with van der Waals surface area (Å²) >= 11 is 0. The molecule has 4 heteroatoms. The van der Waals surface area contributed by atoms with Gasteiger partial charge < -0.3 is 20.0 Å². The van der Waals surface area contributed by atoms with Crippen molar-refractivity contribution in [2.24, 2.45) is 0 Å². The third-order valence-corrected chi connectivity index (χ3v) is 9.54. The van der Waals surface area contributed by atoms with Gasteiger partial charge >= 0.3 is 0 Å². The van der Waals surface area contributed by atoms with Crippen molar-refractivity contribution in [2.75, 3.05) is 22.9 Å². The zero-order valence-corrected chi connectivity index (χ0v) is 29.2. The van der Waals surface area contributed by atoms with Crippen LogP contribution in [0.4, 0.5) is 11.4 Å². The molecule has 0 saturated carbocycles. The van der Waals surface area contributed by atoms with Crippen LogP contribution in [0.1, 0.15) is 112 Å². The second-order valence-electron chi connectivity index (χ2n) is 13.7. The quantitative estimate of drug-likeness (QED) is 0.168. The van der Waals surface area contributed by atoms with Gasteiger partial charge in [-0.15, -0.1) is 0 Å². The van der Waals surface area contributed by atoms with E-state index in [2.05, 4.69) is 138 Å². The maximum absolute atomic E-state index is 11.2. The molecule has 4 rings (SSSR count). The Morgan fingerprint density at radius 1 is 0.578 bits per heavy atom. The molecule has 45 heavy (non-hydrogen) atoms. The Kier molecular flexibility index (Phi) is 10.6. The van der Waals surface area contributed by atoms with E-state index in [0.717, 1.165) is 57.8 Å². The summed E-state index contributed by atoms with van der Waals surface area (Å²) in [7, 11) is 0. The number of phenols is 2. The van der Waals surface area contributed by atoms with E-state index in [1.54, 1.807) is 0 Å². The van der Waals surface area contributed by atoms with Crippen LogP contribution < -0.4 is 9.80 Å². The molecule has 0 radical (unpaired) electrons. The van der Waals surface area contributed by atoms with Crippen molar-refractivity contribution in [3.8, 4) is 11.5 Å². The second kappa shape index (κ2) is 14.0. The molecule has 0 aliphatic carbocycles. The van der Waals surface area contributed by atoms with Gasteiger partial charge in [-0.3, -0.25) is 0 Å². The Balaban J connectivity index is 1.67. The van der Waals surface area contributed by atoms with Gasteiger partial charge in [0.2, 0.25) is 0 Å². The summed E-state index contributed by atoms with van der Waals surface area (Å²) in [6.45, 7) is 24.5. The van der Waals surface area contributed by atoms with Crippen LogP contribution in [-0.4, -0.2) is 23.3 Å². The van der Waals surface area contributed by atoms with Gasteiger partial charge in [0.25, 0.3) is 0 Å². The zero-order valence-electron chi connectivity index (χ0n) is 29.2. The molecule has 4 aromatic carbocycles. The lowest BCUT2D eigenvalue weighted by Crippen LogP contribution is -2.25. The summed E-state index contributed by atoms with van der Waals surface area (Å²) in [5, 5.41) is 22.4. The zero-order chi connectivity index (χ0) is 33.1. The molecule has 0 aliphatic rings. The lowest BCUT2D eigenvalue weighted by atomic mass is 9.76. The first-order valence-electron chi connectivity index (χ1n) is 16.6. The molecule has 0 amide bonds. The molecule has 0 bridgehead atoms. The van der Waals surface area contributed by atoms with E-state index >= 15 is 0 Å². The summed E-state index contributed by atoms with van der Waals surface area (Å²) < 4.78 is 0. The maximum Gasteiger partial charge on any atom is 0.123 e. The summed E-state index contributed by atoms with van der Waals surface area (Å²) in [6.07, 6.45) is 0. The largest absolute Gasteiger partial charge is 0.507 e. The maximum atomic E-state index is 11.2. The Hall–Kier alpha value is -3.92. The standard InChI is InChI=1S/C41H54N2O2/c1-11-42(37-17-13-31(14-18-37)27(3)4)25-33-23-35(21-29(7)39(33)44)41(9,10)36-22-30(8)40(45)34(24-36)26-43(12-2)38-19-15-32(16-20-38)28(5)6/h13-24,27-28,44-45H,11-12,25-26H2,1-10H3. The van der Waals surface area contributed by atoms with Crippen LogP contribution in [0.25, 0.3) is 0 Å². The lowest BCUT2D eigenvalue weighted by molar-refractivity contribution is 0.461. The molecule has 0 atom stereocenters. The van der Waals surface area contributed by atoms with E-state index < -0.39 is 0 Å². The van der Waals surface area contributed by atoms with E-state index in [9.17, 15) is 10.2 Å². The number of nitrogens with zero attached hydrogens (tertiary/aromatic N) is 2. The van der Waals surface area contributed by atoms with Crippen LogP contribution in [0.3, 0.4) is 0 Å². The normalized spacial score (nSPS) is 11.8. The number of hydrogen-bond acceptors (Lipinski definition) is 4. The average molecular weight is 607 g/mol. The highest BCUT2D eigenvalue weighted by molar-refractivity contribution is 5.56. The van der Waals surface area contributed by atoms with Gasteiger partial charge in [-0.1, -0.05) is 77.9 Å². The number of aryl methyl sites for hydroxylation is 2. The summed E-state index contributed by atoms with van der Waals surface area (Å²) in [5.74, 6) is 1.70. The Morgan fingerprint density at radius 2 is 0.911 bits per heavy atom. The fraction of sp³-hybridized carbons (Fsp3) is 0.415. The highest BCUT2D eigenvalue weighted by Crippen LogP contribution is 2.39. The average Bonchev–Trinajstić information content (AvgIpc) is 3.02. The molecular formula is C41H54N2O2. The molecule has 4 aromatic rings. The highest BCUT2D eigenvalue weighted by Gasteiger charge is 2.27. The van der Waals surface area contributed by atoms with Crippen molar-refractivity contribution in [3.63, 3.8) is 0 Å². The van der Waals surface area contributed by atoms with Crippen LogP contribution in [0.15, 0.2) is 72.8 Å². The fourth-order valence-corrected chi connectivity index (χ4v) is 6.16. The van der Waals surface area contributed by atoms with Crippen molar-refractivity contribution in [1.29, 1.82) is 0 Å². The van der Waals surface area contributed by atoms with Gasteiger partial charge in [-0.25, -0.2) is 0 Å². The Bertz CT molecular complexity index is 1460. The molecule has 0 saturated heterocycles. The van der Waals surface area contributed by atoms with Crippen LogP contribution in [0.2, 0.25) is 0 Å². The predicted octanol–water partition coefficient (Wildman–Crippen LogP) is 10.3. The number of hydrogen-bond donors (Lipinski definition) is 2. The number of aromatic hydroxyl groups is 2. The van der Waals surface area contributed by atoms with Gasteiger partial charge in [-0.05, 0) is 109 Å². The van der Waals surface area contributed by atoms with Crippen LogP contribution >= 0.6 is 0 Å². The molecule has 0 spiro atoms. The van der Waals surface area contributed by atoms with Crippen molar-refractivity contribution in [3.05, 3.63) is 117 Å². The number of phenolic OH excluding ortho intramolecular Hbond substituents is 2. The number of rotatable bonds is 12. The monoisotopic (exact) mass is 606 g/mol. The molecule has 0 aromatic heterocycles. The van der Waals surface area contributed by atoms with E-state index in [1.165, 1.54) is 11.1 Å². The van der Waals surface area contributed by atoms with E-state index in [-0.39, 0.29) is 5.41 Å². The summed E-state index contributed by atoms with van der Waals surface area (Å²) in [5.41, 5.74) is 10.5. The molecule has 0 aliphatic heterocycles. The lowest BCUT2D eigenvalue weighted by Gasteiger charge is -2.31. The number of benzene rings is 4. The Morgan fingerprint density at radius 3 is 1.20 bits per heavy atom. The van der Waals surface area contributed by atoms with E-state index in [0.29, 0.717) is 36.4 Å². The van der Waals surface area contributed by atoms with Gasteiger partial charge in [-0.2, -0.15) is 0 Å². The second-order valence-corrected chi connectivity index (χ2v) is 13.7. The van der Waals surface area contributed by atoms with Crippen molar-refractivity contribution in [2.45, 2.75) is 99.6 Å². The smallest absolute Gasteiger partial charge is 0.123 e. The molecule has 2 N–H and O–H groups in total. The fourth-order valence-electron chi connectivity index (χ4n) is 6.16. The van der Waals surface area contributed by atoms with Gasteiger partial charge in [0.15, 0.2) is 0 Å². The molecule has 0 fully saturated rings. The molecule has 0 unspecified atom stereocenters. The topological polar surface area (TPSA) is 46.9 Å². The van der Waals surface area contributed by atoms with Gasteiger partial charge in [0.05, 0.1) is 0 Å². The highest BCUT2D eigenvalue weighted by atomic mass is 16.3. The summed E-state index contributed by atoms with van der Waals surface area (Å²) in [6, 6.07) is 26.2. The molecule has 240 valence electrons. The molecular weight excluding hydrogens is 552 g/mol. The molecule has 0 heterocycles. The third kappa shape index (κ3) is 7.49. The Labute approximate surface area is 272 Å². The molecule has 4 nitrogen and oxygen atoms in total. The third-order valence-electron chi connectivity index (χ3n) is 9.54. The van der Waals surface area contributed by atoms with E-state index in [1.807, 2.05) is 13.8 Å². The van der Waals surface area contributed by atoms with E-state index in [4.69, 9.17) is 0 Å². The minimum absolute atomic E-state index is 0.355. The first-order valence-corrected chi connectivity index (χ1v) is 16.6.